The molecule has 9 heteroatoms. The average molecular weight is 538 g/mol. The molecule has 0 bridgehead atoms. The van der Waals surface area contributed by atoms with E-state index in [-0.39, 0.29) is 29.9 Å². The maximum Gasteiger partial charge on any atom is 0.261 e. The molecule has 1 fully saturated rings. The molecule has 3 N–H and O–H groups in total. The fourth-order valence-electron chi connectivity index (χ4n) is 3.18. The van der Waals surface area contributed by atoms with Gasteiger partial charge in [0.25, 0.3) is 5.91 Å². The summed E-state index contributed by atoms with van der Waals surface area (Å²) < 4.78 is 5.48. The first kappa shape index (κ1) is 26.1. The largest absolute Gasteiger partial charge is 0.379 e. The van der Waals surface area contributed by atoms with Gasteiger partial charge >= 0.3 is 0 Å². The number of ether oxygens (including phenoxy) is 1. The number of amides is 1. The lowest BCUT2D eigenvalue weighted by Gasteiger charge is -2.36. The molecule has 1 saturated heterocycles. The van der Waals surface area contributed by atoms with Gasteiger partial charge in [-0.1, -0.05) is 19.9 Å². The van der Waals surface area contributed by atoms with Crippen LogP contribution < -0.4 is 16.0 Å². The quantitative estimate of drug-likeness (QED) is 0.185. The molecule has 7 nitrogen and oxygen atoms in total. The molecule has 0 aliphatic carbocycles. The van der Waals surface area contributed by atoms with Crippen LogP contribution in [0.1, 0.15) is 36.9 Å². The second-order valence-corrected chi connectivity index (χ2v) is 8.14. The number of guanidine groups is 1. The Morgan fingerprint density at radius 2 is 1.97 bits per heavy atom. The number of carbonyl (C=O) groups is 1. The van der Waals surface area contributed by atoms with Crippen LogP contribution in [0, 0.1) is 5.92 Å². The van der Waals surface area contributed by atoms with E-state index in [1.807, 2.05) is 17.5 Å². The molecular formula is C20H36IN5O2S. The fraction of sp³-hybridized carbons (Fsp3) is 0.700. The van der Waals surface area contributed by atoms with Crippen molar-refractivity contribution in [3.8, 4) is 0 Å². The van der Waals surface area contributed by atoms with Gasteiger partial charge in [0.1, 0.15) is 0 Å². The first-order valence-electron chi connectivity index (χ1n) is 10.3. The minimum Gasteiger partial charge on any atom is -0.379 e. The molecule has 29 heavy (non-hydrogen) atoms. The third-order valence-electron chi connectivity index (χ3n) is 4.74. The summed E-state index contributed by atoms with van der Waals surface area (Å²) in [6.07, 6.45) is 0.846. The molecule has 2 rings (SSSR count). The van der Waals surface area contributed by atoms with E-state index >= 15 is 0 Å². The SMILES string of the molecule is CCNC(=NCC(C(C)C)N1CCOCC1)NCCCNC(=O)c1cccs1.I. The molecule has 1 aromatic heterocycles. The van der Waals surface area contributed by atoms with E-state index in [0.717, 1.165) is 63.2 Å². The molecule has 166 valence electrons. The van der Waals surface area contributed by atoms with Gasteiger partial charge in [0, 0.05) is 38.8 Å². The number of rotatable bonds is 10. The number of halogens is 1. The Morgan fingerprint density at radius 1 is 1.24 bits per heavy atom. The average Bonchev–Trinajstić information content (AvgIpc) is 3.23. The van der Waals surface area contributed by atoms with E-state index in [1.54, 1.807) is 0 Å². The van der Waals surface area contributed by atoms with Crippen molar-refractivity contribution in [1.29, 1.82) is 0 Å². The van der Waals surface area contributed by atoms with Gasteiger partial charge in [-0.25, -0.2) is 0 Å². The van der Waals surface area contributed by atoms with Crippen molar-refractivity contribution in [2.45, 2.75) is 33.2 Å². The van der Waals surface area contributed by atoms with Crippen molar-refractivity contribution < 1.29 is 9.53 Å². The first-order chi connectivity index (χ1) is 13.6. The van der Waals surface area contributed by atoms with Gasteiger partial charge in [-0.05, 0) is 30.7 Å². The fourth-order valence-corrected chi connectivity index (χ4v) is 3.82. The van der Waals surface area contributed by atoms with Crippen LogP contribution >= 0.6 is 35.3 Å². The Balaban J connectivity index is 0.00000420. The summed E-state index contributed by atoms with van der Waals surface area (Å²) >= 11 is 1.46. The van der Waals surface area contributed by atoms with Crippen LogP contribution in [0.3, 0.4) is 0 Å². The van der Waals surface area contributed by atoms with Crippen molar-refractivity contribution >= 4 is 47.2 Å². The Morgan fingerprint density at radius 3 is 2.59 bits per heavy atom. The van der Waals surface area contributed by atoms with E-state index in [2.05, 4.69) is 41.6 Å². The number of thiophene rings is 1. The number of nitrogens with one attached hydrogen (secondary N) is 3. The van der Waals surface area contributed by atoms with E-state index < -0.39 is 0 Å². The van der Waals surface area contributed by atoms with Crippen molar-refractivity contribution in [1.82, 2.24) is 20.9 Å². The van der Waals surface area contributed by atoms with Crippen molar-refractivity contribution in [3.63, 3.8) is 0 Å². The second kappa shape index (κ2) is 15.0. The summed E-state index contributed by atoms with van der Waals surface area (Å²) in [5, 5.41) is 11.6. The highest BCUT2D eigenvalue weighted by Gasteiger charge is 2.23. The summed E-state index contributed by atoms with van der Waals surface area (Å²) in [5.74, 6) is 1.38. The van der Waals surface area contributed by atoms with Crippen LogP contribution in [0.4, 0.5) is 0 Å². The van der Waals surface area contributed by atoms with Gasteiger partial charge in [-0.2, -0.15) is 0 Å². The molecule has 1 amide bonds. The summed E-state index contributed by atoms with van der Waals surface area (Å²) in [7, 11) is 0. The summed E-state index contributed by atoms with van der Waals surface area (Å²) in [6, 6.07) is 4.15. The van der Waals surface area contributed by atoms with Crippen LogP contribution in [-0.4, -0.2) is 75.3 Å². The van der Waals surface area contributed by atoms with Gasteiger partial charge in [-0.3, -0.25) is 14.7 Å². The van der Waals surface area contributed by atoms with Crippen LogP contribution in [0.5, 0.6) is 0 Å². The highest BCUT2D eigenvalue weighted by Crippen LogP contribution is 2.13. The zero-order valence-electron chi connectivity index (χ0n) is 17.8. The van der Waals surface area contributed by atoms with Crippen LogP contribution in [0.15, 0.2) is 22.5 Å². The predicted molar refractivity (Wildman–Crippen MR) is 132 cm³/mol. The number of morpholine rings is 1. The van der Waals surface area contributed by atoms with Gasteiger partial charge in [0.15, 0.2) is 5.96 Å². The molecule has 0 spiro atoms. The first-order valence-corrected chi connectivity index (χ1v) is 11.2. The zero-order valence-corrected chi connectivity index (χ0v) is 20.9. The molecule has 2 heterocycles. The number of aliphatic imine (C=N–C) groups is 1. The van der Waals surface area contributed by atoms with E-state index in [0.29, 0.717) is 18.5 Å². The van der Waals surface area contributed by atoms with Crippen molar-refractivity contribution in [2.24, 2.45) is 10.9 Å². The number of nitrogens with zero attached hydrogens (tertiary/aromatic N) is 2. The molecule has 0 aromatic carbocycles. The number of hydrogen-bond donors (Lipinski definition) is 3. The number of carbonyl (C=O) groups excluding carboxylic acids is 1. The van der Waals surface area contributed by atoms with Gasteiger partial charge in [-0.15, -0.1) is 35.3 Å². The second-order valence-electron chi connectivity index (χ2n) is 7.19. The number of hydrogen-bond acceptors (Lipinski definition) is 5. The molecule has 1 aliphatic rings. The van der Waals surface area contributed by atoms with Gasteiger partial charge < -0.3 is 20.7 Å². The minimum atomic E-state index is 0. The van der Waals surface area contributed by atoms with Gasteiger partial charge in [0.2, 0.25) is 0 Å². The Hall–Kier alpha value is -0.910. The van der Waals surface area contributed by atoms with Gasteiger partial charge in [0.05, 0.1) is 24.6 Å². The highest BCUT2D eigenvalue weighted by atomic mass is 127. The summed E-state index contributed by atoms with van der Waals surface area (Å²) in [4.78, 5) is 20.0. The molecule has 1 unspecified atom stereocenters. The van der Waals surface area contributed by atoms with E-state index in [9.17, 15) is 4.79 Å². The third kappa shape index (κ3) is 9.63. The summed E-state index contributed by atoms with van der Waals surface area (Å²) in [5.41, 5.74) is 0. The molecule has 0 radical (unpaired) electrons. The maximum atomic E-state index is 11.9. The maximum absolute atomic E-state index is 11.9. The van der Waals surface area contributed by atoms with Crippen LogP contribution in [0.25, 0.3) is 0 Å². The summed E-state index contributed by atoms with van der Waals surface area (Å²) in [6.45, 7) is 13.2. The lowest BCUT2D eigenvalue weighted by Crippen LogP contribution is -2.48. The molecular weight excluding hydrogens is 501 g/mol. The highest BCUT2D eigenvalue weighted by molar-refractivity contribution is 14.0. The molecule has 1 atom stereocenters. The normalized spacial score (nSPS) is 16.2. The smallest absolute Gasteiger partial charge is 0.261 e. The third-order valence-corrected chi connectivity index (χ3v) is 5.61. The van der Waals surface area contributed by atoms with E-state index in [4.69, 9.17) is 9.73 Å². The Kier molecular flexibility index (Phi) is 13.5. The lowest BCUT2D eigenvalue weighted by atomic mass is 10.0. The van der Waals surface area contributed by atoms with E-state index in [1.165, 1.54) is 11.3 Å². The van der Waals surface area contributed by atoms with Crippen molar-refractivity contribution in [2.75, 3.05) is 52.5 Å². The minimum absolute atomic E-state index is 0. The topological polar surface area (TPSA) is 78.0 Å². The zero-order chi connectivity index (χ0) is 20.2. The molecule has 1 aromatic rings. The predicted octanol–water partition coefficient (Wildman–Crippen LogP) is 2.40. The van der Waals surface area contributed by atoms with Crippen LogP contribution in [-0.2, 0) is 4.74 Å². The lowest BCUT2D eigenvalue weighted by molar-refractivity contribution is 0.00867. The van der Waals surface area contributed by atoms with Crippen molar-refractivity contribution in [3.05, 3.63) is 22.4 Å². The standard InChI is InChI=1S/C20H35N5O2S.HI/c1-4-21-20(23-9-6-8-22-19(26)18-7-5-14-28-18)24-15-17(16(2)3)25-10-12-27-13-11-25;/h5,7,14,16-17H,4,6,8-13,15H2,1-3H3,(H,22,26)(H2,21,23,24);1H. The van der Waals surface area contributed by atoms with Crippen LogP contribution in [0.2, 0.25) is 0 Å². The molecule has 1 aliphatic heterocycles. The monoisotopic (exact) mass is 537 g/mol. The Bertz CT molecular complexity index is 592. The molecule has 0 saturated carbocycles. The Labute approximate surface area is 196 Å².